The maximum atomic E-state index is 11.2. The molecule has 0 fully saturated rings. The molecule has 0 spiro atoms. The summed E-state index contributed by atoms with van der Waals surface area (Å²) in [4.78, 5) is 15.9. The molecule has 22 heavy (non-hydrogen) atoms. The Balaban J connectivity index is 1.97. The lowest BCUT2D eigenvalue weighted by atomic mass is 10.2. The van der Waals surface area contributed by atoms with E-state index in [1.807, 2.05) is 54.6 Å². The molecule has 2 aromatic carbocycles. The molecule has 5 nitrogen and oxygen atoms in total. The number of nitrogens with zero attached hydrogens (tertiary/aromatic N) is 2. The molecular weight excluding hydrogens is 278 g/mol. The fourth-order valence-electron chi connectivity index (χ4n) is 2.56. The van der Waals surface area contributed by atoms with Crippen molar-refractivity contribution in [1.82, 2.24) is 15.0 Å². The van der Waals surface area contributed by atoms with Crippen LogP contribution in [0.2, 0.25) is 0 Å². The number of amides is 1. The van der Waals surface area contributed by atoms with Crippen LogP contribution in [0.25, 0.3) is 22.4 Å². The van der Waals surface area contributed by atoms with Gasteiger partial charge in [0.05, 0.1) is 11.0 Å². The molecule has 1 amide bonds. The van der Waals surface area contributed by atoms with Crippen LogP contribution < -0.4 is 5.48 Å². The molecule has 0 aliphatic heterocycles. The van der Waals surface area contributed by atoms with Crippen LogP contribution in [-0.2, 0) is 11.3 Å². The summed E-state index contributed by atoms with van der Waals surface area (Å²) in [5.74, 6) is 0.525. The first-order chi connectivity index (χ1) is 10.8. The van der Waals surface area contributed by atoms with E-state index in [1.165, 1.54) is 0 Å². The van der Waals surface area contributed by atoms with Gasteiger partial charge in [-0.25, -0.2) is 10.5 Å². The van der Waals surface area contributed by atoms with E-state index < -0.39 is 0 Å². The van der Waals surface area contributed by atoms with Crippen LogP contribution in [0.1, 0.15) is 12.8 Å². The van der Waals surface area contributed by atoms with E-state index in [0.29, 0.717) is 13.0 Å². The SMILES string of the molecule is O=C(CCCn1c(-c2ccccc2)nc2ccccc21)NO. The van der Waals surface area contributed by atoms with Crippen LogP contribution in [0.15, 0.2) is 54.6 Å². The van der Waals surface area contributed by atoms with Gasteiger partial charge in [-0.3, -0.25) is 10.0 Å². The van der Waals surface area contributed by atoms with Crippen molar-refractivity contribution in [3.8, 4) is 11.4 Å². The monoisotopic (exact) mass is 295 g/mol. The van der Waals surface area contributed by atoms with Gasteiger partial charge in [0.1, 0.15) is 5.82 Å². The van der Waals surface area contributed by atoms with Gasteiger partial charge in [0.15, 0.2) is 0 Å². The third kappa shape index (κ3) is 2.84. The zero-order valence-electron chi connectivity index (χ0n) is 12.1. The number of imidazole rings is 1. The van der Waals surface area contributed by atoms with Gasteiger partial charge >= 0.3 is 0 Å². The maximum absolute atomic E-state index is 11.2. The quantitative estimate of drug-likeness (QED) is 0.561. The summed E-state index contributed by atoms with van der Waals surface area (Å²) < 4.78 is 2.12. The number of aryl methyl sites for hydroxylation is 1. The number of fused-ring (bicyclic) bond motifs is 1. The zero-order chi connectivity index (χ0) is 15.4. The van der Waals surface area contributed by atoms with Crippen molar-refractivity contribution >= 4 is 16.9 Å². The summed E-state index contributed by atoms with van der Waals surface area (Å²) in [7, 11) is 0. The van der Waals surface area contributed by atoms with Crippen molar-refractivity contribution in [2.24, 2.45) is 0 Å². The fraction of sp³-hybridized carbons (Fsp3) is 0.176. The largest absolute Gasteiger partial charge is 0.324 e. The Bertz CT molecular complexity index is 781. The number of rotatable bonds is 5. The van der Waals surface area contributed by atoms with Gasteiger partial charge in [0, 0.05) is 18.5 Å². The van der Waals surface area contributed by atoms with E-state index in [4.69, 9.17) is 10.2 Å². The molecule has 112 valence electrons. The molecule has 2 N–H and O–H groups in total. The van der Waals surface area contributed by atoms with E-state index in [1.54, 1.807) is 5.48 Å². The van der Waals surface area contributed by atoms with Crippen molar-refractivity contribution in [1.29, 1.82) is 0 Å². The van der Waals surface area contributed by atoms with Crippen LogP contribution in [0.4, 0.5) is 0 Å². The van der Waals surface area contributed by atoms with Crippen molar-refractivity contribution in [3.05, 3.63) is 54.6 Å². The molecule has 0 saturated heterocycles. The maximum Gasteiger partial charge on any atom is 0.243 e. The summed E-state index contributed by atoms with van der Waals surface area (Å²) in [6, 6.07) is 18.0. The Labute approximate surface area is 128 Å². The minimum absolute atomic E-state index is 0.275. The Kier molecular flexibility index (Phi) is 4.16. The van der Waals surface area contributed by atoms with Gasteiger partial charge in [-0.2, -0.15) is 0 Å². The van der Waals surface area contributed by atoms with E-state index in [9.17, 15) is 4.79 Å². The third-order valence-corrected chi connectivity index (χ3v) is 3.60. The van der Waals surface area contributed by atoms with Gasteiger partial charge < -0.3 is 4.57 Å². The second kappa shape index (κ2) is 6.41. The first-order valence-electron chi connectivity index (χ1n) is 7.23. The molecule has 0 bridgehead atoms. The van der Waals surface area contributed by atoms with E-state index >= 15 is 0 Å². The molecule has 0 unspecified atom stereocenters. The molecule has 3 aromatic rings. The topological polar surface area (TPSA) is 67.2 Å². The lowest BCUT2D eigenvalue weighted by Crippen LogP contribution is -2.18. The second-order valence-electron chi connectivity index (χ2n) is 5.08. The predicted molar refractivity (Wildman–Crippen MR) is 84.3 cm³/mol. The van der Waals surface area contributed by atoms with E-state index in [-0.39, 0.29) is 12.3 Å². The van der Waals surface area contributed by atoms with E-state index in [0.717, 1.165) is 22.4 Å². The number of benzene rings is 2. The number of para-hydroxylation sites is 2. The number of carbonyl (C=O) groups excluding carboxylic acids is 1. The Hall–Kier alpha value is -2.66. The highest BCUT2D eigenvalue weighted by Gasteiger charge is 2.12. The van der Waals surface area contributed by atoms with Crippen molar-refractivity contribution in [2.75, 3.05) is 0 Å². The highest BCUT2D eigenvalue weighted by Crippen LogP contribution is 2.25. The summed E-state index contributed by atoms with van der Waals surface area (Å²) in [6.07, 6.45) is 0.907. The summed E-state index contributed by atoms with van der Waals surface area (Å²) in [6.45, 7) is 0.665. The minimum Gasteiger partial charge on any atom is -0.324 e. The van der Waals surface area contributed by atoms with E-state index in [2.05, 4.69) is 4.57 Å². The molecule has 0 atom stereocenters. The number of hydrogen-bond donors (Lipinski definition) is 2. The summed E-state index contributed by atoms with van der Waals surface area (Å²) in [5, 5.41) is 8.58. The lowest BCUT2D eigenvalue weighted by Gasteiger charge is -2.09. The first kappa shape index (κ1) is 14.3. The van der Waals surface area contributed by atoms with Crippen LogP contribution in [0, 0.1) is 0 Å². The number of carbonyl (C=O) groups is 1. The van der Waals surface area contributed by atoms with Gasteiger partial charge in [0.2, 0.25) is 5.91 Å². The van der Waals surface area contributed by atoms with Crippen LogP contribution in [0.3, 0.4) is 0 Å². The van der Waals surface area contributed by atoms with Gasteiger partial charge in [0.25, 0.3) is 0 Å². The normalized spacial score (nSPS) is 10.8. The molecule has 5 heteroatoms. The van der Waals surface area contributed by atoms with Gasteiger partial charge in [-0.15, -0.1) is 0 Å². The molecule has 1 aromatic heterocycles. The van der Waals surface area contributed by atoms with Crippen molar-refractivity contribution < 1.29 is 10.0 Å². The van der Waals surface area contributed by atoms with Gasteiger partial charge in [-0.1, -0.05) is 42.5 Å². The Morgan fingerprint density at radius 1 is 1.09 bits per heavy atom. The molecule has 0 aliphatic rings. The number of hydrogen-bond acceptors (Lipinski definition) is 3. The van der Waals surface area contributed by atoms with Crippen LogP contribution >= 0.6 is 0 Å². The smallest absolute Gasteiger partial charge is 0.243 e. The Morgan fingerprint density at radius 3 is 2.59 bits per heavy atom. The molecule has 3 rings (SSSR count). The minimum atomic E-state index is -0.370. The molecule has 1 heterocycles. The average Bonchev–Trinajstić information content (AvgIpc) is 2.94. The van der Waals surface area contributed by atoms with Crippen molar-refractivity contribution in [3.63, 3.8) is 0 Å². The standard InChI is InChI=1S/C17H17N3O2/c21-16(19-22)11-6-12-20-15-10-5-4-9-14(15)18-17(20)13-7-2-1-3-8-13/h1-5,7-10,22H,6,11-12H2,(H,19,21). The predicted octanol–water partition coefficient (Wildman–Crippen LogP) is 2.99. The average molecular weight is 295 g/mol. The Morgan fingerprint density at radius 2 is 1.82 bits per heavy atom. The lowest BCUT2D eigenvalue weighted by molar-refractivity contribution is -0.129. The first-order valence-corrected chi connectivity index (χ1v) is 7.23. The molecule has 0 saturated carbocycles. The highest BCUT2D eigenvalue weighted by atomic mass is 16.5. The number of nitrogens with one attached hydrogen (secondary N) is 1. The molecule has 0 aliphatic carbocycles. The second-order valence-corrected chi connectivity index (χ2v) is 5.08. The molecule has 0 radical (unpaired) electrons. The third-order valence-electron chi connectivity index (χ3n) is 3.60. The number of hydroxylamine groups is 1. The van der Waals surface area contributed by atoms with Crippen LogP contribution in [-0.4, -0.2) is 20.7 Å². The number of aromatic nitrogens is 2. The fourth-order valence-corrected chi connectivity index (χ4v) is 2.56. The highest BCUT2D eigenvalue weighted by molar-refractivity contribution is 5.80. The van der Waals surface area contributed by atoms with Crippen molar-refractivity contribution in [2.45, 2.75) is 19.4 Å². The van der Waals surface area contributed by atoms with Crippen LogP contribution in [0.5, 0.6) is 0 Å². The molecular formula is C17H17N3O2. The summed E-state index contributed by atoms with van der Waals surface area (Å²) in [5.41, 5.74) is 4.70. The summed E-state index contributed by atoms with van der Waals surface area (Å²) >= 11 is 0. The zero-order valence-corrected chi connectivity index (χ0v) is 12.1. The van der Waals surface area contributed by atoms with Gasteiger partial charge in [-0.05, 0) is 18.6 Å².